The lowest BCUT2D eigenvalue weighted by Gasteiger charge is -2.20. The summed E-state index contributed by atoms with van der Waals surface area (Å²) < 4.78 is 33.0. The van der Waals surface area contributed by atoms with Gasteiger partial charge in [-0.1, -0.05) is 23.8 Å². The highest BCUT2D eigenvalue weighted by Gasteiger charge is 2.30. The highest BCUT2D eigenvalue weighted by atomic mass is 32.2. The van der Waals surface area contributed by atoms with Crippen LogP contribution in [-0.4, -0.2) is 40.1 Å². The third-order valence-electron chi connectivity index (χ3n) is 5.73. The zero-order chi connectivity index (χ0) is 26.4. The molecule has 1 N–H and O–H groups in total. The summed E-state index contributed by atoms with van der Waals surface area (Å²) in [5.74, 6) is -0.269. The number of anilines is 1. The fourth-order valence-electron chi connectivity index (χ4n) is 3.80. The van der Waals surface area contributed by atoms with E-state index < -0.39 is 27.1 Å². The lowest BCUT2D eigenvalue weighted by atomic mass is 9.99. The maximum absolute atomic E-state index is 13.4. The molecular formula is C25H25N5O6S. The monoisotopic (exact) mass is 523 g/mol. The number of benzene rings is 1. The second kappa shape index (κ2) is 11.3. The Hall–Kier alpha value is -4.16. The molecule has 192 valence electrons. The standard InChI is InChI=1S/C25H25N5O6S/c1-2-29-24(17-22(28-29)19-12-14-26-15-13-19)27-25(31)23(16-18-6-4-3-5-7-18)36-37(34,35)21-10-8-20(9-11-21)30(32)33/h3-4,6,8-15,17,23H,2,5,7,16H2,1H3,(H,27,31)/t23-/m1/s1. The molecule has 0 saturated carbocycles. The van der Waals surface area contributed by atoms with E-state index in [1.165, 1.54) is 0 Å². The van der Waals surface area contributed by atoms with Crippen LogP contribution in [0.15, 0.2) is 83.6 Å². The highest BCUT2D eigenvalue weighted by molar-refractivity contribution is 7.86. The van der Waals surface area contributed by atoms with Crippen molar-refractivity contribution in [2.24, 2.45) is 0 Å². The first-order chi connectivity index (χ1) is 17.8. The van der Waals surface area contributed by atoms with Crippen molar-refractivity contribution >= 4 is 27.5 Å². The van der Waals surface area contributed by atoms with Gasteiger partial charge in [0.1, 0.15) is 5.82 Å². The fourth-order valence-corrected chi connectivity index (χ4v) is 4.84. The molecule has 1 amide bonds. The molecule has 12 heteroatoms. The number of nitro benzene ring substituents is 1. The Kier molecular flexibility index (Phi) is 7.89. The molecule has 1 atom stereocenters. The molecule has 11 nitrogen and oxygen atoms in total. The molecule has 1 aliphatic carbocycles. The molecule has 0 bridgehead atoms. The minimum absolute atomic E-state index is 0.0554. The Bertz CT molecular complexity index is 1450. The van der Waals surface area contributed by atoms with Crippen molar-refractivity contribution in [2.75, 3.05) is 5.32 Å². The molecule has 1 aromatic carbocycles. The molecule has 0 fully saturated rings. The van der Waals surface area contributed by atoms with Crippen LogP contribution in [0.1, 0.15) is 26.2 Å². The van der Waals surface area contributed by atoms with Crippen LogP contribution < -0.4 is 5.32 Å². The van der Waals surface area contributed by atoms with E-state index in [2.05, 4.69) is 15.4 Å². The van der Waals surface area contributed by atoms with E-state index in [1.54, 1.807) is 35.3 Å². The molecule has 1 aliphatic rings. The fraction of sp³-hybridized carbons (Fsp3) is 0.240. The Morgan fingerprint density at radius 2 is 1.95 bits per heavy atom. The average molecular weight is 524 g/mol. The van der Waals surface area contributed by atoms with Crippen LogP contribution >= 0.6 is 0 Å². The Balaban J connectivity index is 1.60. The number of carbonyl (C=O) groups excluding carboxylic acids is 1. The smallest absolute Gasteiger partial charge is 0.297 e. The number of hydrogen-bond donors (Lipinski definition) is 1. The van der Waals surface area contributed by atoms with Crippen molar-refractivity contribution in [1.82, 2.24) is 14.8 Å². The second-order valence-electron chi connectivity index (χ2n) is 8.24. The molecule has 2 aromatic heterocycles. The van der Waals surface area contributed by atoms with Gasteiger partial charge in [0.05, 0.1) is 15.5 Å². The van der Waals surface area contributed by atoms with Gasteiger partial charge in [0, 0.05) is 49.1 Å². The van der Waals surface area contributed by atoms with Crippen LogP contribution in [0.3, 0.4) is 0 Å². The SMILES string of the molecule is CCn1nc(-c2ccncc2)cc1NC(=O)[C@@H](CC1=CC=CCC1)OS(=O)(=O)c1ccc([N+](=O)[O-])cc1. The number of allylic oxidation sites excluding steroid dienone is 3. The largest absolute Gasteiger partial charge is 0.309 e. The predicted octanol–water partition coefficient (Wildman–Crippen LogP) is 4.25. The van der Waals surface area contributed by atoms with Crippen molar-refractivity contribution < 1.29 is 22.3 Å². The zero-order valence-electron chi connectivity index (χ0n) is 20.0. The number of rotatable bonds is 10. The summed E-state index contributed by atoms with van der Waals surface area (Å²) in [4.78, 5) is 27.4. The van der Waals surface area contributed by atoms with E-state index in [0.29, 0.717) is 24.5 Å². The van der Waals surface area contributed by atoms with Crippen LogP contribution in [0.4, 0.5) is 11.5 Å². The highest BCUT2D eigenvalue weighted by Crippen LogP contribution is 2.26. The van der Waals surface area contributed by atoms with Gasteiger partial charge in [-0.2, -0.15) is 13.5 Å². The molecule has 37 heavy (non-hydrogen) atoms. The summed E-state index contributed by atoms with van der Waals surface area (Å²) in [6.45, 7) is 2.33. The van der Waals surface area contributed by atoms with Crippen molar-refractivity contribution in [2.45, 2.75) is 43.7 Å². The third-order valence-corrected chi connectivity index (χ3v) is 7.06. The molecule has 0 saturated heterocycles. The third kappa shape index (κ3) is 6.35. The molecule has 0 radical (unpaired) electrons. The van der Waals surface area contributed by atoms with Gasteiger partial charge in [-0.25, -0.2) is 4.68 Å². The average Bonchev–Trinajstić information content (AvgIpc) is 3.32. The number of aryl methyl sites for hydroxylation is 1. The molecule has 0 aliphatic heterocycles. The van der Waals surface area contributed by atoms with Crippen LogP contribution in [-0.2, 0) is 25.6 Å². The van der Waals surface area contributed by atoms with Gasteiger partial charge < -0.3 is 5.32 Å². The normalized spacial score (nSPS) is 14.1. The molecular weight excluding hydrogens is 498 g/mol. The van der Waals surface area contributed by atoms with Gasteiger partial charge in [-0.05, 0) is 44.0 Å². The number of nitrogens with one attached hydrogen (secondary N) is 1. The van der Waals surface area contributed by atoms with E-state index in [-0.39, 0.29) is 17.0 Å². The van der Waals surface area contributed by atoms with Gasteiger partial charge in [-0.3, -0.25) is 24.1 Å². The Morgan fingerprint density at radius 1 is 1.22 bits per heavy atom. The van der Waals surface area contributed by atoms with Crippen LogP contribution in [0.25, 0.3) is 11.3 Å². The van der Waals surface area contributed by atoms with Gasteiger partial charge >= 0.3 is 0 Å². The quantitative estimate of drug-likeness (QED) is 0.236. The van der Waals surface area contributed by atoms with E-state index in [1.807, 2.05) is 25.2 Å². The van der Waals surface area contributed by atoms with Crippen molar-refractivity contribution in [3.63, 3.8) is 0 Å². The van der Waals surface area contributed by atoms with Gasteiger partial charge in [-0.15, -0.1) is 0 Å². The number of pyridine rings is 1. The Morgan fingerprint density at radius 3 is 2.57 bits per heavy atom. The van der Waals surface area contributed by atoms with Crippen molar-refractivity contribution in [3.05, 3.63) is 88.8 Å². The van der Waals surface area contributed by atoms with Gasteiger partial charge in [0.2, 0.25) is 0 Å². The maximum Gasteiger partial charge on any atom is 0.297 e. The number of hydrogen-bond acceptors (Lipinski definition) is 8. The number of nitrogens with zero attached hydrogens (tertiary/aromatic N) is 4. The summed E-state index contributed by atoms with van der Waals surface area (Å²) in [5.41, 5.74) is 2.04. The number of amides is 1. The summed E-state index contributed by atoms with van der Waals surface area (Å²) in [5, 5.41) is 18.2. The first-order valence-corrected chi connectivity index (χ1v) is 13.0. The Labute approximate surface area is 213 Å². The first kappa shape index (κ1) is 25.9. The van der Waals surface area contributed by atoms with Crippen LogP contribution in [0, 0.1) is 10.1 Å². The minimum Gasteiger partial charge on any atom is -0.309 e. The minimum atomic E-state index is -4.40. The van der Waals surface area contributed by atoms with Crippen molar-refractivity contribution in [3.8, 4) is 11.3 Å². The van der Waals surface area contributed by atoms with Crippen molar-refractivity contribution in [1.29, 1.82) is 0 Å². The summed E-state index contributed by atoms with van der Waals surface area (Å²) >= 11 is 0. The summed E-state index contributed by atoms with van der Waals surface area (Å²) in [6, 6.07) is 9.58. The summed E-state index contributed by atoms with van der Waals surface area (Å²) in [6.07, 6.45) is 9.06. The van der Waals surface area contributed by atoms with E-state index in [0.717, 1.165) is 41.8 Å². The van der Waals surface area contributed by atoms with Gasteiger partial charge in [0.15, 0.2) is 6.10 Å². The lowest BCUT2D eigenvalue weighted by Crippen LogP contribution is -2.34. The first-order valence-electron chi connectivity index (χ1n) is 11.6. The predicted molar refractivity (Wildman–Crippen MR) is 136 cm³/mol. The second-order valence-corrected chi connectivity index (χ2v) is 9.81. The number of carbonyl (C=O) groups is 1. The van der Waals surface area contributed by atoms with Crippen LogP contribution in [0.5, 0.6) is 0 Å². The lowest BCUT2D eigenvalue weighted by molar-refractivity contribution is -0.384. The van der Waals surface area contributed by atoms with Gasteiger partial charge in [0.25, 0.3) is 21.7 Å². The number of aromatic nitrogens is 3. The molecule has 2 heterocycles. The number of nitro groups is 1. The van der Waals surface area contributed by atoms with Crippen LogP contribution in [0.2, 0.25) is 0 Å². The zero-order valence-corrected chi connectivity index (χ0v) is 20.8. The maximum atomic E-state index is 13.4. The number of non-ortho nitro benzene ring substituents is 1. The molecule has 4 rings (SSSR count). The molecule has 0 spiro atoms. The topological polar surface area (TPSA) is 146 Å². The van der Waals surface area contributed by atoms with E-state index >= 15 is 0 Å². The summed E-state index contributed by atoms with van der Waals surface area (Å²) in [7, 11) is -4.40. The molecule has 0 unspecified atom stereocenters. The van der Waals surface area contributed by atoms with E-state index in [9.17, 15) is 23.3 Å². The van der Waals surface area contributed by atoms with E-state index in [4.69, 9.17) is 4.18 Å². The molecule has 3 aromatic rings.